The fraction of sp³-hybridized carbons (Fsp3) is 0.200. The van der Waals surface area contributed by atoms with Crippen molar-refractivity contribution >= 4 is 43.7 Å². The summed E-state index contributed by atoms with van der Waals surface area (Å²) in [6.45, 7) is 4.95. The number of hydrogen-bond acceptors (Lipinski definition) is 1. The zero-order chi connectivity index (χ0) is 24.0. The number of para-hydroxylation sites is 1. The fourth-order valence-electron chi connectivity index (χ4n) is 7.64. The van der Waals surface area contributed by atoms with Gasteiger partial charge in [-0.25, -0.2) is 0 Å². The van der Waals surface area contributed by atoms with Gasteiger partial charge in [-0.1, -0.05) is 85.8 Å². The van der Waals surface area contributed by atoms with Gasteiger partial charge in [0.15, 0.2) is 0 Å². The van der Waals surface area contributed by atoms with E-state index in [1.165, 1.54) is 73.2 Å². The normalized spacial score (nSPS) is 23.1. The van der Waals surface area contributed by atoms with E-state index in [0.29, 0.717) is 11.8 Å². The van der Waals surface area contributed by atoms with Gasteiger partial charge in [-0.05, 0) is 99.0 Å². The molecular formula is C35H29N. The maximum Gasteiger partial charge on any atom is 0.0518 e. The van der Waals surface area contributed by atoms with E-state index in [1.807, 2.05) is 0 Å². The third-order valence-corrected chi connectivity index (χ3v) is 9.57. The highest BCUT2D eigenvalue weighted by Gasteiger charge is 2.55. The van der Waals surface area contributed by atoms with Gasteiger partial charge in [0.1, 0.15) is 0 Å². The minimum atomic E-state index is 0.116. The lowest BCUT2D eigenvalue weighted by atomic mass is 9.81. The predicted molar refractivity (Wildman–Crippen MR) is 154 cm³/mol. The highest BCUT2D eigenvalue weighted by atomic mass is 15.2. The molecule has 1 fully saturated rings. The topological polar surface area (TPSA) is 3.24 Å². The molecule has 2 aliphatic rings. The standard InChI is InChI=1S/C35H29N/c1-22-11-19-31-30-21-26(16-20-32(30)36(35(22,31)2)27-9-4-3-5-10-27)28-17-14-25-13-12-23-7-6-8-24-15-18-29(28)34(25)33(23)24/h3-10,12-18,20-22,31H,11,19H2,1-2H3. The van der Waals surface area contributed by atoms with Crippen molar-refractivity contribution in [2.45, 2.75) is 38.1 Å². The van der Waals surface area contributed by atoms with Crippen LogP contribution in [-0.4, -0.2) is 5.54 Å². The number of hydrogen-bond donors (Lipinski definition) is 0. The molecule has 36 heavy (non-hydrogen) atoms. The Kier molecular flexibility index (Phi) is 4.02. The molecule has 1 nitrogen and oxygen atoms in total. The van der Waals surface area contributed by atoms with Crippen molar-refractivity contribution in [3.63, 3.8) is 0 Å². The molecule has 0 N–H and O–H groups in total. The van der Waals surface area contributed by atoms with Crippen LogP contribution in [0.1, 0.15) is 38.2 Å². The number of anilines is 2. The Balaban J connectivity index is 1.36. The first-order valence-electron chi connectivity index (χ1n) is 13.3. The van der Waals surface area contributed by atoms with Gasteiger partial charge in [0.2, 0.25) is 0 Å². The largest absolute Gasteiger partial charge is 0.334 e. The lowest BCUT2D eigenvalue weighted by molar-refractivity contribution is 0.355. The Morgan fingerprint density at radius 1 is 0.694 bits per heavy atom. The third kappa shape index (κ3) is 2.51. The van der Waals surface area contributed by atoms with Gasteiger partial charge in [-0.2, -0.15) is 0 Å². The van der Waals surface area contributed by atoms with Crippen molar-refractivity contribution in [2.24, 2.45) is 5.92 Å². The van der Waals surface area contributed by atoms with Crippen molar-refractivity contribution in [3.05, 3.63) is 109 Å². The molecule has 1 saturated carbocycles. The first-order chi connectivity index (χ1) is 17.6. The molecule has 0 bridgehead atoms. The van der Waals surface area contributed by atoms with E-state index < -0.39 is 0 Å². The minimum absolute atomic E-state index is 0.116. The van der Waals surface area contributed by atoms with Crippen LogP contribution < -0.4 is 4.90 Å². The quantitative estimate of drug-likeness (QED) is 0.231. The molecule has 0 aromatic heterocycles. The summed E-state index contributed by atoms with van der Waals surface area (Å²) in [6, 6.07) is 38.8. The maximum absolute atomic E-state index is 2.65. The summed E-state index contributed by atoms with van der Waals surface area (Å²) in [5.41, 5.74) is 7.02. The van der Waals surface area contributed by atoms with E-state index >= 15 is 0 Å². The second kappa shape index (κ2) is 7.11. The third-order valence-electron chi connectivity index (χ3n) is 9.57. The molecule has 6 aromatic carbocycles. The second-order valence-electron chi connectivity index (χ2n) is 11.2. The highest BCUT2D eigenvalue weighted by Crippen LogP contribution is 2.61. The summed E-state index contributed by atoms with van der Waals surface area (Å²) < 4.78 is 0. The van der Waals surface area contributed by atoms with Crippen LogP contribution in [0.5, 0.6) is 0 Å². The van der Waals surface area contributed by atoms with Gasteiger partial charge in [0.05, 0.1) is 5.54 Å². The van der Waals surface area contributed by atoms with Crippen LogP contribution >= 0.6 is 0 Å². The van der Waals surface area contributed by atoms with Crippen LogP contribution in [0.15, 0.2) is 103 Å². The van der Waals surface area contributed by atoms with E-state index in [4.69, 9.17) is 0 Å². The minimum Gasteiger partial charge on any atom is -0.334 e. The van der Waals surface area contributed by atoms with E-state index in [2.05, 4.69) is 122 Å². The van der Waals surface area contributed by atoms with Crippen molar-refractivity contribution in [3.8, 4) is 11.1 Å². The number of rotatable bonds is 2. The smallest absolute Gasteiger partial charge is 0.0518 e. The average molecular weight is 464 g/mol. The number of nitrogens with zero attached hydrogens (tertiary/aromatic N) is 1. The predicted octanol–water partition coefficient (Wildman–Crippen LogP) is 9.67. The van der Waals surface area contributed by atoms with Gasteiger partial charge < -0.3 is 4.90 Å². The fourth-order valence-corrected chi connectivity index (χ4v) is 7.64. The zero-order valence-electron chi connectivity index (χ0n) is 20.8. The van der Waals surface area contributed by atoms with Gasteiger partial charge in [-0.3, -0.25) is 0 Å². The number of benzene rings is 6. The highest BCUT2D eigenvalue weighted by molar-refractivity contribution is 6.25. The number of fused-ring (bicyclic) bond motifs is 3. The molecule has 0 saturated heterocycles. The van der Waals surface area contributed by atoms with E-state index in [-0.39, 0.29) is 5.54 Å². The van der Waals surface area contributed by atoms with E-state index in [0.717, 1.165) is 0 Å². The lowest BCUT2D eigenvalue weighted by Crippen LogP contribution is -2.45. The van der Waals surface area contributed by atoms with Crippen LogP contribution in [0.2, 0.25) is 0 Å². The molecule has 0 amide bonds. The van der Waals surface area contributed by atoms with Crippen molar-refractivity contribution in [2.75, 3.05) is 4.90 Å². The Hall–Kier alpha value is -3.84. The first-order valence-corrected chi connectivity index (χ1v) is 13.3. The molecule has 1 heteroatoms. The molecule has 1 heterocycles. The van der Waals surface area contributed by atoms with Crippen LogP contribution in [0.4, 0.5) is 11.4 Å². The molecule has 8 rings (SSSR count). The molecule has 1 aliphatic heterocycles. The van der Waals surface area contributed by atoms with Gasteiger partial charge >= 0.3 is 0 Å². The molecule has 174 valence electrons. The van der Waals surface area contributed by atoms with Gasteiger partial charge in [-0.15, -0.1) is 0 Å². The van der Waals surface area contributed by atoms with Crippen LogP contribution in [0, 0.1) is 5.92 Å². The maximum atomic E-state index is 2.65. The Morgan fingerprint density at radius 3 is 2.22 bits per heavy atom. The van der Waals surface area contributed by atoms with Crippen LogP contribution in [0.25, 0.3) is 43.4 Å². The molecular weight excluding hydrogens is 434 g/mol. The molecule has 3 atom stereocenters. The van der Waals surface area contributed by atoms with Gasteiger partial charge in [0.25, 0.3) is 0 Å². The van der Waals surface area contributed by atoms with E-state index in [9.17, 15) is 0 Å². The van der Waals surface area contributed by atoms with Crippen LogP contribution in [-0.2, 0) is 0 Å². The second-order valence-corrected chi connectivity index (χ2v) is 11.2. The van der Waals surface area contributed by atoms with E-state index in [1.54, 1.807) is 0 Å². The van der Waals surface area contributed by atoms with Crippen molar-refractivity contribution in [1.82, 2.24) is 0 Å². The van der Waals surface area contributed by atoms with Crippen molar-refractivity contribution in [1.29, 1.82) is 0 Å². The first kappa shape index (κ1) is 20.4. The molecule has 3 unspecified atom stereocenters. The molecule has 0 radical (unpaired) electrons. The monoisotopic (exact) mass is 463 g/mol. The van der Waals surface area contributed by atoms with Crippen LogP contribution in [0.3, 0.4) is 0 Å². The summed E-state index contributed by atoms with van der Waals surface area (Å²) >= 11 is 0. The summed E-state index contributed by atoms with van der Waals surface area (Å²) in [5.74, 6) is 1.20. The summed E-state index contributed by atoms with van der Waals surface area (Å²) in [6.07, 6.45) is 2.54. The summed E-state index contributed by atoms with van der Waals surface area (Å²) in [4.78, 5) is 2.65. The van der Waals surface area contributed by atoms with Gasteiger partial charge in [0, 0.05) is 17.3 Å². The lowest BCUT2D eigenvalue weighted by Gasteiger charge is -2.41. The molecule has 0 spiro atoms. The molecule has 1 aliphatic carbocycles. The zero-order valence-corrected chi connectivity index (χ0v) is 20.8. The Morgan fingerprint density at radius 2 is 1.42 bits per heavy atom. The summed E-state index contributed by atoms with van der Waals surface area (Å²) in [5, 5.41) is 8.12. The Labute approximate surface area is 212 Å². The Bertz CT molecular complexity index is 1770. The van der Waals surface area contributed by atoms with Crippen molar-refractivity contribution < 1.29 is 0 Å². The average Bonchev–Trinajstić information content (AvgIpc) is 3.36. The SMILES string of the molecule is CC1CCC2c3cc(-c4ccc5ccc6cccc7ccc4c5c67)ccc3N(c3ccccc3)C12C. The molecule has 6 aromatic rings. The summed E-state index contributed by atoms with van der Waals surface area (Å²) in [7, 11) is 0.